The fourth-order valence-corrected chi connectivity index (χ4v) is 7.87. The van der Waals surface area contributed by atoms with E-state index >= 15 is 0 Å². The van der Waals surface area contributed by atoms with E-state index in [4.69, 9.17) is 4.98 Å². The summed E-state index contributed by atoms with van der Waals surface area (Å²) in [6, 6.07) is 0.146. The lowest BCUT2D eigenvalue weighted by molar-refractivity contribution is -0.136. The number of anilines is 1. The van der Waals surface area contributed by atoms with Gasteiger partial charge in [0.05, 0.1) is 29.0 Å². The maximum absolute atomic E-state index is 13.5. The summed E-state index contributed by atoms with van der Waals surface area (Å²) in [5, 5.41) is 27.7. The van der Waals surface area contributed by atoms with Crippen molar-refractivity contribution in [2.45, 2.75) is 107 Å². The number of amides is 1. The van der Waals surface area contributed by atoms with Crippen LogP contribution < -0.4 is 10.6 Å². The minimum Gasteiger partial charge on any atom is -0.391 e. The highest BCUT2D eigenvalue weighted by Crippen LogP contribution is 2.55. The Morgan fingerprint density at radius 2 is 1.78 bits per heavy atom. The van der Waals surface area contributed by atoms with Gasteiger partial charge in [-0.2, -0.15) is 0 Å². The predicted molar refractivity (Wildman–Crippen MR) is 120 cm³/mol. The Balaban J connectivity index is 1.23. The summed E-state index contributed by atoms with van der Waals surface area (Å²) < 4.78 is 0. The normalized spacial score (nSPS) is 40.7. The molecular formula is C25H36N4O3. The lowest BCUT2D eigenvalue weighted by Gasteiger charge is -2.58. The second-order valence-electron chi connectivity index (χ2n) is 11.4. The smallest absolute Gasteiger partial charge is 0.254 e. The van der Waals surface area contributed by atoms with Crippen LogP contribution in [0.2, 0.25) is 0 Å². The average molecular weight is 441 g/mol. The first-order valence-electron chi connectivity index (χ1n) is 12.8. The van der Waals surface area contributed by atoms with Crippen LogP contribution in [0, 0.1) is 17.8 Å². The number of carbonyl (C=O) groups is 1. The Hall–Kier alpha value is -1.73. The van der Waals surface area contributed by atoms with Crippen molar-refractivity contribution in [2.24, 2.45) is 17.8 Å². The third-order valence-corrected chi connectivity index (χ3v) is 9.14. The molecule has 4 N–H and O–H groups in total. The Bertz CT molecular complexity index is 870. The highest BCUT2D eigenvalue weighted by molar-refractivity contribution is 5.95. The summed E-state index contributed by atoms with van der Waals surface area (Å²) in [5.41, 5.74) is 0.989. The Labute approximate surface area is 189 Å². The molecule has 174 valence electrons. The summed E-state index contributed by atoms with van der Waals surface area (Å²) in [6.07, 6.45) is 13.4. The van der Waals surface area contributed by atoms with Crippen LogP contribution in [-0.2, 0) is 0 Å². The van der Waals surface area contributed by atoms with Crippen LogP contribution in [0.5, 0.6) is 0 Å². The molecule has 6 saturated carbocycles. The lowest BCUT2D eigenvalue weighted by Crippen LogP contribution is -2.61. The Kier molecular flexibility index (Phi) is 5.17. The molecule has 1 aromatic rings. The number of aromatic nitrogens is 2. The van der Waals surface area contributed by atoms with Crippen molar-refractivity contribution in [1.82, 2.24) is 15.3 Å². The van der Waals surface area contributed by atoms with E-state index in [0.29, 0.717) is 35.2 Å². The van der Waals surface area contributed by atoms with Crippen LogP contribution >= 0.6 is 0 Å². The molecule has 2 unspecified atom stereocenters. The zero-order valence-corrected chi connectivity index (χ0v) is 18.8. The second kappa shape index (κ2) is 7.94. The van der Waals surface area contributed by atoms with Crippen LogP contribution in [-0.4, -0.2) is 49.9 Å². The van der Waals surface area contributed by atoms with E-state index in [2.05, 4.69) is 15.6 Å². The highest BCUT2D eigenvalue weighted by Gasteiger charge is 2.55. The third-order valence-electron chi connectivity index (χ3n) is 9.14. The van der Waals surface area contributed by atoms with Gasteiger partial charge in [0, 0.05) is 18.2 Å². The van der Waals surface area contributed by atoms with Crippen molar-refractivity contribution in [2.75, 3.05) is 5.32 Å². The number of hydrogen-bond donors (Lipinski definition) is 4. The fourth-order valence-electron chi connectivity index (χ4n) is 7.87. The molecule has 0 aliphatic heterocycles. The fraction of sp³-hybridized carbons (Fsp3) is 0.800. The van der Waals surface area contributed by atoms with Crippen LogP contribution in [0.1, 0.15) is 99.0 Å². The van der Waals surface area contributed by atoms with Crippen LogP contribution in [0.3, 0.4) is 0 Å². The van der Waals surface area contributed by atoms with E-state index in [0.717, 1.165) is 69.9 Å². The van der Waals surface area contributed by atoms with Gasteiger partial charge in [-0.05, 0) is 82.0 Å². The Morgan fingerprint density at radius 1 is 1.03 bits per heavy atom. The minimum atomic E-state index is -0.492. The molecule has 4 bridgehead atoms. The molecule has 1 heterocycles. The zero-order valence-electron chi connectivity index (χ0n) is 18.8. The number of hydrogen-bond acceptors (Lipinski definition) is 6. The maximum atomic E-state index is 13.5. The van der Waals surface area contributed by atoms with Gasteiger partial charge in [0.15, 0.2) is 0 Å². The predicted octanol–water partition coefficient (Wildman–Crippen LogP) is 3.13. The molecule has 7 heteroatoms. The van der Waals surface area contributed by atoms with E-state index in [1.54, 1.807) is 6.20 Å². The quantitative estimate of drug-likeness (QED) is 0.560. The molecule has 1 aromatic heterocycles. The lowest BCUT2D eigenvalue weighted by atomic mass is 9.52. The van der Waals surface area contributed by atoms with Gasteiger partial charge in [0.1, 0.15) is 0 Å². The van der Waals surface area contributed by atoms with Gasteiger partial charge in [-0.15, -0.1) is 0 Å². The van der Waals surface area contributed by atoms with E-state index < -0.39 is 5.60 Å². The highest BCUT2D eigenvalue weighted by atomic mass is 16.3. The summed E-state index contributed by atoms with van der Waals surface area (Å²) >= 11 is 0. The molecule has 7 nitrogen and oxygen atoms in total. The van der Waals surface area contributed by atoms with E-state index in [9.17, 15) is 15.0 Å². The number of nitrogens with one attached hydrogen (secondary N) is 2. The van der Waals surface area contributed by atoms with E-state index in [1.807, 2.05) is 0 Å². The van der Waals surface area contributed by atoms with Crippen LogP contribution in [0.15, 0.2) is 6.20 Å². The number of carbonyl (C=O) groups excluding carboxylic acids is 1. The van der Waals surface area contributed by atoms with Crippen molar-refractivity contribution < 1.29 is 15.0 Å². The molecule has 7 rings (SSSR count). The van der Waals surface area contributed by atoms with Crippen molar-refractivity contribution in [3.63, 3.8) is 0 Å². The molecule has 6 aliphatic carbocycles. The van der Waals surface area contributed by atoms with Crippen molar-refractivity contribution in [3.8, 4) is 0 Å². The maximum Gasteiger partial charge on any atom is 0.254 e. The molecule has 1 amide bonds. The summed E-state index contributed by atoms with van der Waals surface area (Å²) in [7, 11) is 0. The van der Waals surface area contributed by atoms with Crippen molar-refractivity contribution in [1.29, 1.82) is 0 Å². The van der Waals surface area contributed by atoms with Gasteiger partial charge in [-0.1, -0.05) is 12.8 Å². The molecule has 4 atom stereocenters. The van der Waals surface area contributed by atoms with Crippen molar-refractivity contribution in [3.05, 3.63) is 17.5 Å². The Morgan fingerprint density at radius 3 is 2.44 bits per heavy atom. The van der Waals surface area contributed by atoms with Crippen LogP contribution in [0.25, 0.3) is 0 Å². The van der Waals surface area contributed by atoms with Gasteiger partial charge in [0.25, 0.3) is 5.91 Å². The standard InChI is InChI=1S/C25H36N4O3/c30-20-7-3-6-19(20)27-24-26-13-18(22(29-24)15-4-1-2-5-15)23(31)28-21-16-8-14-9-17(21)12-25(32,10-14)11-16/h13-17,19-21,30,32H,1-12H2,(H,28,31)(H,26,27,29)/t14?,16?,17?,19-,20+,21?,25?/m0/s1. The molecule has 0 radical (unpaired) electrons. The molecule has 0 spiro atoms. The van der Waals surface area contributed by atoms with Gasteiger partial charge in [-0.3, -0.25) is 4.79 Å². The van der Waals surface area contributed by atoms with E-state index in [-0.39, 0.29) is 24.1 Å². The molecule has 0 aromatic carbocycles. The molecule has 6 aliphatic rings. The molecule has 6 fully saturated rings. The summed E-state index contributed by atoms with van der Waals surface area (Å²) in [6.45, 7) is 0. The van der Waals surface area contributed by atoms with Crippen LogP contribution in [0.4, 0.5) is 5.95 Å². The zero-order chi connectivity index (χ0) is 21.9. The third kappa shape index (κ3) is 3.71. The molecule has 0 saturated heterocycles. The number of rotatable bonds is 5. The number of aliphatic hydroxyl groups excluding tert-OH is 1. The van der Waals surface area contributed by atoms with Gasteiger partial charge in [0.2, 0.25) is 5.95 Å². The van der Waals surface area contributed by atoms with Gasteiger partial charge >= 0.3 is 0 Å². The average Bonchev–Trinajstić information content (AvgIpc) is 3.42. The van der Waals surface area contributed by atoms with Crippen molar-refractivity contribution >= 4 is 11.9 Å². The van der Waals surface area contributed by atoms with Gasteiger partial charge < -0.3 is 20.8 Å². The van der Waals surface area contributed by atoms with Gasteiger partial charge in [-0.25, -0.2) is 9.97 Å². The first-order valence-corrected chi connectivity index (χ1v) is 12.8. The number of aliphatic hydroxyl groups is 2. The minimum absolute atomic E-state index is 0.00930. The number of nitrogens with zero attached hydrogens (tertiary/aromatic N) is 2. The summed E-state index contributed by atoms with van der Waals surface area (Å²) in [4.78, 5) is 22.8. The summed E-state index contributed by atoms with van der Waals surface area (Å²) in [5.74, 6) is 2.17. The second-order valence-corrected chi connectivity index (χ2v) is 11.4. The molecular weight excluding hydrogens is 404 g/mol. The first kappa shape index (κ1) is 20.8. The topological polar surface area (TPSA) is 107 Å². The largest absolute Gasteiger partial charge is 0.391 e. The monoisotopic (exact) mass is 440 g/mol. The van der Waals surface area contributed by atoms with E-state index in [1.165, 1.54) is 12.8 Å². The molecule has 32 heavy (non-hydrogen) atoms. The SMILES string of the molecule is O=C(NC1C2CC3CC1CC(O)(C3)C2)c1cnc(N[C@H]2CCC[C@H]2O)nc1C1CCCC1. The first-order chi connectivity index (χ1) is 15.5.